The number of nitrogens with one attached hydrogen (secondary N) is 2. The minimum absolute atomic E-state index is 0.00192. The van der Waals surface area contributed by atoms with Crippen LogP contribution < -0.4 is 10.7 Å². The fourth-order valence-corrected chi connectivity index (χ4v) is 1.76. The molecule has 2 N–H and O–H groups in total. The summed E-state index contributed by atoms with van der Waals surface area (Å²) in [5.41, 5.74) is 0.0424. The highest BCUT2D eigenvalue weighted by molar-refractivity contribution is 5.93. The summed E-state index contributed by atoms with van der Waals surface area (Å²) >= 11 is 0. The summed E-state index contributed by atoms with van der Waals surface area (Å²) in [5, 5.41) is 2.52. The number of halogens is 2. The number of pyridine rings is 1. The second kappa shape index (κ2) is 6.10. The molecule has 0 fully saturated rings. The highest BCUT2D eigenvalue weighted by Crippen LogP contribution is 2.08. The first-order valence-corrected chi connectivity index (χ1v) is 5.96. The van der Waals surface area contributed by atoms with Crippen LogP contribution in [-0.2, 0) is 6.42 Å². The Kier molecular flexibility index (Phi) is 4.24. The second-order valence-electron chi connectivity index (χ2n) is 4.21. The number of carbonyl (C=O) groups is 1. The lowest BCUT2D eigenvalue weighted by molar-refractivity contribution is 0.0952. The molecule has 0 radical (unpaired) electrons. The maximum atomic E-state index is 13.0. The molecule has 0 unspecified atom stereocenters. The number of benzene rings is 1. The number of hydrogen-bond donors (Lipinski definition) is 2. The highest BCUT2D eigenvalue weighted by atomic mass is 19.1. The molecule has 1 heterocycles. The van der Waals surface area contributed by atoms with E-state index in [-0.39, 0.29) is 18.5 Å². The van der Waals surface area contributed by atoms with Gasteiger partial charge in [0.15, 0.2) is 5.43 Å². The van der Waals surface area contributed by atoms with Crippen molar-refractivity contribution in [2.45, 2.75) is 6.42 Å². The molecular formula is C14H12F2N2O2. The molecular weight excluding hydrogens is 266 g/mol. The summed E-state index contributed by atoms with van der Waals surface area (Å²) < 4.78 is 25.9. The van der Waals surface area contributed by atoms with E-state index in [0.29, 0.717) is 5.56 Å². The Morgan fingerprint density at radius 1 is 1.20 bits per heavy atom. The van der Waals surface area contributed by atoms with E-state index >= 15 is 0 Å². The van der Waals surface area contributed by atoms with Crippen molar-refractivity contribution in [3.63, 3.8) is 0 Å². The van der Waals surface area contributed by atoms with Crippen molar-refractivity contribution in [2.24, 2.45) is 0 Å². The van der Waals surface area contributed by atoms with Crippen LogP contribution >= 0.6 is 0 Å². The number of rotatable bonds is 4. The lowest BCUT2D eigenvalue weighted by Gasteiger charge is -2.05. The SMILES string of the molecule is O=C(NCCc1cc(F)cc(F)c1)c1c[nH]ccc1=O. The Morgan fingerprint density at radius 2 is 1.90 bits per heavy atom. The first kappa shape index (κ1) is 13.9. The van der Waals surface area contributed by atoms with Gasteiger partial charge >= 0.3 is 0 Å². The van der Waals surface area contributed by atoms with E-state index < -0.39 is 23.0 Å². The van der Waals surface area contributed by atoms with Gasteiger partial charge in [-0.15, -0.1) is 0 Å². The molecule has 0 aliphatic heterocycles. The molecule has 4 nitrogen and oxygen atoms in total. The first-order valence-electron chi connectivity index (χ1n) is 5.96. The lowest BCUT2D eigenvalue weighted by atomic mass is 10.1. The van der Waals surface area contributed by atoms with Gasteiger partial charge in [0.1, 0.15) is 17.2 Å². The smallest absolute Gasteiger partial charge is 0.256 e. The standard InChI is InChI=1S/C14H12F2N2O2/c15-10-5-9(6-11(16)7-10)1-4-18-14(20)12-8-17-3-2-13(12)19/h2-3,5-8H,1,4H2,(H,17,19)(H,18,20). The van der Waals surface area contributed by atoms with Crippen LogP contribution in [-0.4, -0.2) is 17.4 Å². The zero-order valence-electron chi connectivity index (χ0n) is 10.5. The van der Waals surface area contributed by atoms with Crippen molar-refractivity contribution in [3.8, 4) is 0 Å². The zero-order valence-corrected chi connectivity index (χ0v) is 10.5. The molecule has 0 bridgehead atoms. The van der Waals surface area contributed by atoms with Gasteiger partial charge in [0.2, 0.25) is 0 Å². The Hall–Kier alpha value is -2.50. The van der Waals surface area contributed by atoms with Gasteiger partial charge in [0.05, 0.1) is 0 Å². The Balaban J connectivity index is 1.95. The molecule has 0 aliphatic rings. The van der Waals surface area contributed by atoms with E-state index in [1.165, 1.54) is 30.6 Å². The number of carbonyl (C=O) groups excluding carboxylic acids is 1. The molecule has 1 aromatic carbocycles. The predicted molar refractivity (Wildman–Crippen MR) is 69.5 cm³/mol. The van der Waals surface area contributed by atoms with Gasteiger partial charge in [-0.2, -0.15) is 0 Å². The molecule has 6 heteroatoms. The normalized spacial score (nSPS) is 10.3. The van der Waals surface area contributed by atoms with Crippen molar-refractivity contribution < 1.29 is 13.6 Å². The molecule has 2 rings (SSSR count). The fraction of sp³-hybridized carbons (Fsp3) is 0.143. The molecule has 0 atom stereocenters. The van der Waals surface area contributed by atoms with Crippen LogP contribution in [0.1, 0.15) is 15.9 Å². The van der Waals surface area contributed by atoms with E-state index in [2.05, 4.69) is 10.3 Å². The van der Waals surface area contributed by atoms with Crippen LogP contribution in [0.25, 0.3) is 0 Å². The van der Waals surface area contributed by atoms with Crippen LogP contribution in [0.5, 0.6) is 0 Å². The Labute approximate surface area is 113 Å². The number of amides is 1. The molecule has 104 valence electrons. The van der Waals surface area contributed by atoms with Crippen LogP contribution in [0.15, 0.2) is 41.5 Å². The molecule has 20 heavy (non-hydrogen) atoms. The monoisotopic (exact) mass is 278 g/mol. The van der Waals surface area contributed by atoms with Gasteiger partial charge < -0.3 is 10.3 Å². The van der Waals surface area contributed by atoms with Gasteiger partial charge in [0.25, 0.3) is 5.91 Å². The van der Waals surface area contributed by atoms with Crippen LogP contribution in [0.4, 0.5) is 8.78 Å². The minimum atomic E-state index is -0.661. The number of aromatic nitrogens is 1. The molecule has 1 amide bonds. The lowest BCUT2D eigenvalue weighted by Crippen LogP contribution is -2.30. The van der Waals surface area contributed by atoms with Crippen molar-refractivity contribution in [1.82, 2.24) is 10.3 Å². The van der Waals surface area contributed by atoms with Crippen molar-refractivity contribution in [3.05, 3.63) is 69.6 Å². The van der Waals surface area contributed by atoms with E-state index in [1.807, 2.05) is 0 Å². The first-order chi connectivity index (χ1) is 9.56. The molecule has 0 aliphatic carbocycles. The van der Waals surface area contributed by atoms with Crippen LogP contribution in [0.2, 0.25) is 0 Å². The fourth-order valence-electron chi connectivity index (χ4n) is 1.76. The van der Waals surface area contributed by atoms with Crippen LogP contribution in [0, 0.1) is 11.6 Å². The summed E-state index contributed by atoms with van der Waals surface area (Å²) in [4.78, 5) is 25.8. The largest absolute Gasteiger partial charge is 0.367 e. The van der Waals surface area contributed by atoms with Crippen molar-refractivity contribution >= 4 is 5.91 Å². The van der Waals surface area contributed by atoms with Crippen LogP contribution in [0.3, 0.4) is 0 Å². The molecule has 2 aromatic rings. The molecule has 0 spiro atoms. The number of H-pyrrole nitrogens is 1. The minimum Gasteiger partial charge on any atom is -0.367 e. The van der Waals surface area contributed by atoms with Crippen molar-refractivity contribution in [1.29, 1.82) is 0 Å². The predicted octanol–water partition coefficient (Wildman–Crippen LogP) is 1.63. The third-order valence-electron chi connectivity index (χ3n) is 2.69. The zero-order chi connectivity index (χ0) is 14.5. The summed E-state index contributed by atoms with van der Waals surface area (Å²) in [6, 6.07) is 4.43. The quantitative estimate of drug-likeness (QED) is 0.892. The summed E-state index contributed by atoms with van der Waals surface area (Å²) in [6.07, 6.45) is 3.00. The molecule has 0 saturated heterocycles. The number of aromatic amines is 1. The molecule has 0 saturated carbocycles. The van der Waals surface area contributed by atoms with E-state index in [4.69, 9.17) is 0 Å². The average Bonchev–Trinajstić information content (AvgIpc) is 2.38. The Bertz CT molecular complexity index is 663. The summed E-state index contributed by atoms with van der Waals surface area (Å²) in [6.45, 7) is 0.177. The van der Waals surface area contributed by atoms with E-state index in [0.717, 1.165) is 6.07 Å². The van der Waals surface area contributed by atoms with E-state index in [1.54, 1.807) is 0 Å². The van der Waals surface area contributed by atoms with Crippen molar-refractivity contribution in [2.75, 3.05) is 6.54 Å². The van der Waals surface area contributed by atoms with Gasteiger partial charge in [-0.05, 0) is 24.1 Å². The maximum Gasteiger partial charge on any atom is 0.256 e. The van der Waals surface area contributed by atoms with Gasteiger partial charge in [-0.3, -0.25) is 9.59 Å². The topological polar surface area (TPSA) is 62.0 Å². The summed E-state index contributed by atoms with van der Waals surface area (Å²) in [5.74, 6) is -1.85. The average molecular weight is 278 g/mol. The number of hydrogen-bond acceptors (Lipinski definition) is 2. The summed E-state index contributed by atoms with van der Waals surface area (Å²) in [7, 11) is 0. The third-order valence-corrected chi connectivity index (χ3v) is 2.69. The maximum absolute atomic E-state index is 13.0. The van der Waals surface area contributed by atoms with E-state index in [9.17, 15) is 18.4 Å². The Morgan fingerprint density at radius 3 is 2.55 bits per heavy atom. The second-order valence-corrected chi connectivity index (χ2v) is 4.21. The van der Waals surface area contributed by atoms with Gasteiger partial charge in [-0.1, -0.05) is 0 Å². The highest BCUT2D eigenvalue weighted by Gasteiger charge is 2.08. The molecule has 1 aromatic heterocycles. The van der Waals surface area contributed by atoms with Gasteiger partial charge in [0, 0.05) is 31.1 Å². The third kappa shape index (κ3) is 3.50. The van der Waals surface area contributed by atoms with Gasteiger partial charge in [-0.25, -0.2) is 8.78 Å².